The number of aryl methyl sites for hydroxylation is 1. The lowest BCUT2D eigenvalue weighted by molar-refractivity contribution is -0.121. The minimum absolute atomic E-state index is 0.0757. The van der Waals surface area contributed by atoms with Crippen LogP contribution in [0.25, 0.3) is 11.1 Å². The van der Waals surface area contributed by atoms with Crippen LogP contribution in [0.4, 0.5) is 0 Å². The summed E-state index contributed by atoms with van der Waals surface area (Å²) in [7, 11) is 0. The Morgan fingerprint density at radius 1 is 1.00 bits per heavy atom. The lowest BCUT2D eigenvalue weighted by Gasteiger charge is -2.27. The number of nitrogens with one attached hydrogen (secondary N) is 1. The number of fused-ring (bicyclic) bond motifs is 3. The fourth-order valence-corrected chi connectivity index (χ4v) is 4.18. The molecule has 1 aliphatic heterocycles. The zero-order valence-electron chi connectivity index (χ0n) is 17.1. The van der Waals surface area contributed by atoms with Crippen molar-refractivity contribution < 1.29 is 13.9 Å². The van der Waals surface area contributed by atoms with Crippen LogP contribution in [-0.2, 0) is 11.3 Å². The molecule has 0 unspecified atom stereocenters. The van der Waals surface area contributed by atoms with Crippen molar-refractivity contribution in [1.82, 2.24) is 9.88 Å². The topological polar surface area (TPSA) is 73.5 Å². The van der Waals surface area contributed by atoms with E-state index in [1.807, 2.05) is 73.7 Å². The normalized spacial score (nSPS) is 12.8. The van der Waals surface area contributed by atoms with E-state index in [2.05, 4.69) is 5.32 Å². The van der Waals surface area contributed by atoms with E-state index >= 15 is 0 Å². The van der Waals surface area contributed by atoms with E-state index in [9.17, 15) is 9.59 Å². The number of hydrogen-bond donors (Lipinski definition) is 1. The van der Waals surface area contributed by atoms with Gasteiger partial charge in [-0.2, -0.15) is 0 Å². The van der Waals surface area contributed by atoms with Crippen LogP contribution < -0.4 is 15.8 Å². The highest BCUT2D eigenvalue weighted by atomic mass is 16.5. The van der Waals surface area contributed by atoms with Crippen molar-refractivity contribution in [3.05, 3.63) is 94.0 Å². The van der Waals surface area contributed by atoms with Crippen molar-refractivity contribution in [2.75, 3.05) is 6.54 Å². The van der Waals surface area contributed by atoms with E-state index in [1.54, 1.807) is 4.57 Å². The standard InChI is InChI=1S/C25H22N2O4/c1-16-10-11-20-23(14-16)31-25(29)27(20)13-12-26-24(28)15-19-17-6-2-4-8-21(17)30-22-9-5-3-7-18(19)22/h2-11,14,19H,12-13,15H2,1H3,(H,26,28). The number of carbonyl (C=O) groups excluding carboxylic acids is 1. The molecule has 4 aromatic rings. The number of ether oxygens (including phenoxy) is 1. The van der Waals surface area contributed by atoms with Crippen molar-refractivity contribution in [3.8, 4) is 11.5 Å². The molecule has 0 bridgehead atoms. The maximum atomic E-state index is 12.8. The zero-order valence-corrected chi connectivity index (χ0v) is 17.1. The maximum absolute atomic E-state index is 12.8. The molecule has 5 rings (SSSR count). The highest BCUT2D eigenvalue weighted by molar-refractivity contribution is 5.78. The summed E-state index contributed by atoms with van der Waals surface area (Å²) < 4.78 is 12.9. The molecular weight excluding hydrogens is 392 g/mol. The van der Waals surface area contributed by atoms with Crippen LogP contribution in [0.1, 0.15) is 29.0 Å². The van der Waals surface area contributed by atoms with Gasteiger partial charge in [0.25, 0.3) is 0 Å². The molecule has 0 spiro atoms. The van der Waals surface area contributed by atoms with Gasteiger partial charge in [0.2, 0.25) is 5.91 Å². The molecule has 3 aromatic carbocycles. The van der Waals surface area contributed by atoms with Gasteiger partial charge < -0.3 is 14.5 Å². The number of rotatable bonds is 5. The quantitative estimate of drug-likeness (QED) is 0.527. The molecule has 156 valence electrons. The van der Waals surface area contributed by atoms with Gasteiger partial charge in [-0.3, -0.25) is 9.36 Å². The van der Waals surface area contributed by atoms with E-state index in [4.69, 9.17) is 9.15 Å². The molecule has 1 N–H and O–H groups in total. The third-order valence-electron chi connectivity index (χ3n) is 5.68. The van der Waals surface area contributed by atoms with Crippen LogP contribution >= 0.6 is 0 Å². The van der Waals surface area contributed by atoms with Gasteiger partial charge in [-0.15, -0.1) is 0 Å². The predicted molar refractivity (Wildman–Crippen MR) is 118 cm³/mol. The summed E-state index contributed by atoms with van der Waals surface area (Å²) in [5, 5.41) is 2.95. The van der Waals surface area contributed by atoms with Crippen molar-refractivity contribution in [1.29, 1.82) is 0 Å². The first-order valence-corrected chi connectivity index (χ1v) is 10.3. The first-order valence-electron chi connectivity index (χ1n) is 10.3. The number of carbonyl (C=O) groups is 1. The molecule has 0 fully saturated rings. The van der Waals surface area contributed by atoms with Crippen molar-refractivity contribution >= 4 is 17.0 Å². The second-order valence-electron chi connectivity index (χ2n) is 7.78. The highest BCUT2D eigenvalue weighted by Crippen LogP contribution is 2.45. The second-order valence-corrected chi connectivity index (χ2v) is 7.78. The van der Waals surface area contributed by atoms with Gasteiger partial charge in [-0.25, -0.2) is 4.79 Å². The average molecular weight is 414 g/mol. The van der Waals surface area contributed by atoms with E-state index in [1.165, 1.54) is 0 Å². The fourth-order valence-electron chi connectivity index (χ4n) is 4.18. The van der Waals surface area contributed by atoms with Crippen LogP contribution in [0.2, 0.25) is 0 Å². The number of nitrogens with zero attached hydrogens (tertiary/aromatic N) is 1. The number of aromatic nitrogens is 1. The summed E-state index contributed by atoms with van der Waals surface area (Å²) in [5.74, 6) is 0.994. The number of amides is 1. The molecule has 2 heterocycles. The molecule has 0 radical (unpaired) electrons. The molecule has 1 aliphatic rings. The van der Waals surface area contributed by atoms with Crippen LogP contribution in [0.5, 0.6) is 11.5 Å². The largest absolute Gasteiger partial charge is 0.457 e. The van der Waals surface area contributed by atoms with Gasteiger partial charge in [-0.1, -0.05) is 42.5 Å². The van der Waals surface area contributed by atoms with Gasteiger partial charge in [0, 0.05) is 36.6 Å². The van der Waals surface area contributed by atoms with E-state index in [0.29, 0.717) is 25.1 Å². The Hall–Kier alpha value is -3.80. The Balaban J connectivity index is 1.30. The SMILES string of the molecule is Cc1ccc2c(c1)oc(=O)n2CCNC(=O)CC1c2ccccc2Oc2ccccc21. The van der Waals surface area contributed by atoms with Crippen LogP contribution in [0.3, 0.4) is 0 Å². The number of benzene rings is 3. The van der Waals surface area contributed by atoms with Gasteiger partial charge in [-0.05, 0) is 36.8 Å². The molecule has 6 heteroatoms. The van der Waals surface area contributed by atoms with Crippen LogP contribution in [-0.4, -0.2) is 17.0 Å². The summed E-state index contributed by atoms with van der Waals surface area (Å²) in [6, 6.07) is 21.3. The summed E-state index contributed by atoms with van der Waals surface area (Å²) in [6.45, 7) is 2.64. The van der Waals surface area contributed by atoms with E-state index < -0.39 is 5.76 Å². The first kappa shape index (κ1) is 19.2. The maximum Gasteiger partial charge on any atom is 0.420 e. The van der Waals surface area contributed by atoms with E-state index in [-0.39, 0.29) is 11.8 Å². The third kappa shape index (κ3) is 3.61. The molecule has 0 aliphatic carbocycles. The molecule has 0 saturated carbocycles. The molecule has 1 amide bonds. The Kier molecular flexibility index (Phi) is 4.82. The number of oxazole rings is 1. The van der Waals surface area contributed by atoms with Crippen molar-refractivity contribution in [2.45, 2.75) is 25.8 Å². The molecule has 6 nitrogen and oxygen atoms in total. The molecule has 0 saturated heterocycles. The minimum Gasteiger partial charge on any atom is -0.457 e. The lowest BCUT2D eigenvalue weighted by atomic mass is 9.85. The Labute approximate surface area is 179 Å². The van der Waals surface area contributed by atoms with Crippen LogP contribution in [0.15, 0.2) is 75.9 Å². The lowest BCUT2D eigenvalue weighted by Crippen LogP contribution is -2.31. The molecular formula is C25H22N2O4. The Bertz CT molecular complexity index is 1290. The van der Waals surface area contributed by atoms with Crippen LogP contribution in [0, 0.1) is 6.92 Å². The van der Waals surface area contributed by atoms with E-state index in [0.717, 1.165) is 33.7 Å². The molecule has 0 atom stereocenters. The molecule has 31 heavy (non-hydrogen) atoms. The smallest absolute Gasteiger partial charge is 0.420 e. The van der Waals surface area contributed by atoms with Crippen molar-refractivity contribution in [2.24, 2.45) is 0 Å². The fraction of sp³-hybridized carbons (Fsp3) is 0.200. The minimum atomic E-state index is -0.415. The first-order chi connectivity index (χ1) is 15.1. The predicted octanol–water partition coefficient (Wildman–Crippen LogP) is 4.35. The summed E-state index contributed by atoms with van der Waals surface area (Å²) in [6.07, 6.45) is 0.303. The van der Waals surface area contributed by atoms with Gasteiger partial charge in [0.1, 0.15) is 11.5 Å². The molecule has 1 aromatic heterocycles. The zero-order chi connectivity index (χ0) is 21.4. The Morgan fingerprint density at radius 3 is 2.39 bits per heavy atom. The Morgan fingerprint density at radius 2 is 1.68 bits per heavy atom. The van der Waals surface area contributed by atoms with Gasteiger partial charge in [0.05, 0.1) is 5.52 Å². The second kappa shape index (κ2) is 7.80. The number of para-hydroxylation sites is 2. The monoisotopic (exact) mass is 414 g/mol. The van der Waals surface area contributed by atoms with Crippen molar-refractivity contribution in [3.63, 3.8) is 0 Å². The number of hydrogen-bond acceptors (Lipinski definition) is 4. The van der Waals surface area contributed by atoms with Gasteiger partial charge in [0.15, 0.2) is 5.58 Å². The summed E-state index contributed by atoms with van der Waals surface area (Å²) in [5.41, 5.74) is 4.33. The van der Waals surface area contributed by atoms with Gasteiger partial charge >= 0.3 is 5.76 Å². The third-order valence-corrected chi connectivity index (χ3v) is 5.68. The average Bonchev–Trinajstić information content (AvgIpc) is 3.07. The summed E-state index contributed by atoms with van der Waals surface area (Å²) >= 11 is 0. The summed E-state index contributed by atoms with van der Waals surface area (Å²) in [4.78, 5) is 25.0. The highest BCUT2D eigenvalue weighted by Gasteiger charge is 2.28.